The molecule has 1 saturated heterocycles. The highest BCUT2D eigenvalue weighted by Gasteiger charge is 2.42. The number of benzene rings is 2. The molecular formula is C31H33N5O2S. The van der Waals surface area contributed by atoms with E-state index in [4.69, 9.17) is 17.0 Å². The van der Waals surface area contributed by atoms with Crippen LogP contribution >= 0.6 is 12.2 Å². The highest BCUT2D eigenvalue weighted by Crippen LogP contribution is 2.44. The smallest absolute Gasteiger partial charge is 0.250 e. The molecule has 3 heterocycles. The predicted octanol–water partition coefficient (Wildman–Crippen LogP) is 5.87. The van der Waals surface area contributed by atoms with Crippen LogP contribution in [0, 0.1) is 27.7 Å². The monoisotopic (exact) mass is 539 g/mol. The molecular weight excluding hydrogens is 506 g/mol. The molecule has 2 unspecified atom stereocenters. The van der Waals surface area contributed by atoms with Crippen LogP contribution in [0.1, 0.15) is 45.9 Å². The van der Waals surface area contributed by atoms with E-state index in [1.807, 2.05) is 48.7 Å². The molecule has 0 bridgehead atoms. The molecule has 8 heteroatoms. The molecule has 0 aliphatic carbocycles. The molecule has 7 nitrogen and oxygen atoms in total. The Morgan fingerprint density at radius 1 is 1.00 bits per heavy atom. The van der Waals surface area contributed by atoms with Gasteiger partial charge in [0.05, 0.1) is 17.8 Å². The van der Waals surface area contributed by atoms with E-state index in [2.05, 4.69) is 77.0 Å². The maximum Gasteiger partial charge on any atom is 0.250 e. The van der Waals surface area contributed by atoms with Crippen molar-refractivity contribution in [2.75, 3.05) is 23.9 Å². The highest BCUT2D eigenvalue weighted by molar-refractivity contribution is 7.80. The normalized spacial score (nSPS) is 16.8. The van der Waals surface area contributed by atoms with Crippen LogP contribution in [0.5, 0.6) is 0 Å². The number of amides is 1. The SMILES string of the molecule is COCC(=O)Nc1ccc(N2C(=S)NC(c3ccccn3)C2c2cc(C)n(-c3cc(C)cc(C)c3)c2C)cc1. The minimum absolute atomic E-state index is 0.00575. The van der Waals surface area contributed by atoms with Gasteiger partial charge in [0.1, 0.15) is 6.61 Å². The summed E-state index contributed by atoms with van der Waals surface area (Å²) in [5, 5.41) is 7.02. The summed E-state index contributed by atoms with van der Waals surface area (Å²) in [4.78, 5) is 18.8. The molecule has 0 saturated carbocycles. The van der Waals surface area contributed by atoms with Crippen LogP contribution < -0.4 is 15.5 Å². The average molecular weight is 540 g/mol. The molecule has 1 aliphatic rings. The van der Waals surface area contributed by atoms with Crippen LogP contribution in [0.4, 0.5) is 11.4 Å². The molecule has 0 spiro atoms. The summed E-state index contributed by atoms with van der Waals surface area (Å²) >= 11 is 5.92. The zero-order valence-corrected chi connectivity index (χ0v) is 23.7. The Morgan fingerprint density at radius 3 is 2.36 bits per heavy atom. The van der Waals surface area contributed by atoms with Gasteiger partial charge in [0.25, 0.3) is 0 Å². The number of carbonyl (C=O) groups is 1. The van der Waals surface area contributed by atoms with Gasteiger partial charge in [0.2, 0.25) is 5.91 Å². The number of aryl methyl sites for hydroxylation is 3. The van der Waals surface area contributed by atoms with Gasteiger partial charge in [-0.05, 0) is 111 Å². The summed E-state index contributed by atoms with van der Waals surface area (Å²) in [6.07, 6.45) is 1.82. The van der Waals surface area contributed by atoms with Crippen molar-refractivity contribution in [1.82, 2.24) is 14.9 Å². The van der Waals surface area contributed by atoms with Gasteiger partial charge in [0, 0.05) is 41.8 Å². The molecule has 1 amide bonds. The van der Waals surface area contributed by atoms with Crippen LogP contribution in [0.25, 0.3) is 5.69 Å². The quantitative estimate of drug-likeness (QED) is 0.286. The van der Waals surface area contributed by atoms with Crippen LogP contribution in [0.3, 0.4) is 0 Å². The van der Waals surface area contributed by atoms with Crippen LogP contribution in [-0.2, 0) is 9.53 Å². The number of thiocarbonyl (C=S) groups is 1. The molecule has 2 aromatic heterocycles. The summed E-state index contributed by atoms with van der Waals surface area (Å²) in [5.41, 5.74) is 9.64. The number of rotatable bonds is 7. The van der Waals surface area contributed by atoms with Crippen LogP contribution in [-0.4, -0.2) is 34.3 Å². The molecule has 2 atom stereocenters. The Kier molecular flexibility index (Phi) is 7.50. The van der Waals surface area contributed by atoms with Gasteiger partial charge >= 0.3 is 0 Å². The van der Waals surface area contributed by atoms with E-state index in [1.54, 1.807) is 0 Å². The summed E-state index contributed by atoms with van der Waals surface area (Å²) < 4.78 is 7.24. The second-order valence-electron chi connectivity index (χ2n) is 10.0. The number of hydrogen-bond donors (Lipinski definition) is 2. The lowest BCUT2D eigenvalue weighted by Gasteiger charge is -2.28. The van der Waals surface area contributed by atoms with Crippen molar-refractivity contribution < 1.29 is 9.53 Å². The van der Waals surface area contributed by atoms with Crippen LogP contribution in [0.15, 0.2) is 72.9 Å². The summed E-state index contributed by atoms with van der Waals surface area (Å²) in [6, 6.07) is 22.3. The third-order valence-corrected chi connectivity index (χ3v) is 7.37. The zero-order valence-electron chi connectivity index (χ0n) is 22.9. The lowest BCUT2D eigenvalue weighted by atomic mass is 9.96. The molecule has 0 radical (unpaired) electrons. The molecule has 200 valence electrons. The highest BCUT2D eigenvalue weighted by atomic mass is 32.1. The number of hydrogen-bond acceptors (Lipinski definition) is 4. The van der Waals surface area contributed by atoms with Crippen molar-refractivity contribution >= 4 is 34.6 Å². The lowest BCUT2D eigenvalue weighted by molar-refractivity contribution is -0.119. The number of carbonyl (C=O) groups excluding carboxylic acids is 1. The molecule has 39 heavy (non-hydrogen) atoms. The maximum atomic E-state index is 12.0. The maximum absolute atomic E-state index is 12.0. The Hall–Kier alpha value is -4.01. The van der Waals surface area contributed by atoms with Gasteiger partial charge in [-0.25, -0.2) is 0 Å². The third-order valence-electron chi connectivity index (χ3n) is 7.06. The lowest BCUT2D eigenvalue weighted by Crippen LogP contribution is -2.29. The van der Waals surface area contributed by atoms with Gasteiger partial charge in [0.15, 0.2) is 5.11 Å². The summed E-state index contributed by atoms with van der Waals surface area (Å²) in [5.74, 6) is -0.199. The number of pyridine rings is 1. The number of methoxy groups -OCH3 is 1. The van der Waals surface area contributed by atoms with Crippen molar-refractivity contribution in [1.29, 1.82) is 0 Å². The third kappa shape index (κ3) is 5.30. The van der Waals surface area contributed by atoms with Crippen molar-refractivity contribution in [2.24, 2.45) is 0 Å². The number of ether oxygens (including phenoxy) is 1. The van der Waals surface area contributed by atoms with E-state index in [1.165, 1.54) is 23.8 Å². The standard InChI is InChI=1S/C31H33N5O2S/c1-19-14-20(2)16-25(15-19)35-21(3)17-26(22(35)4)30-29(27-8-6-7-13-32-27)34-31(39)36(30)24-11-9-23(10-12-24)33-28(37)18-38-5/h6-17,29-30H,18H2,1-5H3,(H,33,37)(H,34,39). The van der Waals surface area contributed by atoms with E-state index in [0.29, 0.717) is 10.8 Å². The molecule has 2 aromatic carbocycles. The number of aromatic nitrogens is 2. The number of nitrogens with zero attached hydrogens (tertiary/aromatic N) is 3. The zero-order chi connectivity index (χ0) is 27.7. The topological polar surface area (TPSA) is 71.4 Å². The Balaban J connectivity index is 1.59. The molecule has 1 fully saturated rings. The van der Waals surface area contributed by atoms with E-state index in [0.717, 1.165) is 28.5 Å². The van der Waals surface area contributed by atoms with Crippen molar-refractivity contribution in [3.05, 3.63) is 107 Å². The van der Waals surface area contributed by atoms with Crippen molar-refractivity contribution in [3.8, 4) is 5.69 Å². The molecule has 1 aliphatic heterocycles. The van der Waals surface area contributed by atoms with E-state index in [-0.39, 0.29) is 24.6 Å². The minimum atomic E-state index is -0.199. The van der Waals surface area contributed by atoms with Gasteiger partial charge in [-0.1, -0.05) is 12.1 Å². The van der Waals surface area contributed by atoms with Crippen molar-refractivity contribution in [2.45, 2.75) is 39.8 Å². The minimum Gasteiger partial charge on any atom is -0.375 e. The first-order valence-corrected chi connectivity index (χ1v) is 13.3. The van der Waals surface area contributed by atoms with Crippen LogP contribution in [0.2, 0.25) is 0 Å². The number of nitrogens with one attached hydrogen (secondary N) is 2. The first-order valence-electron chi connectivity index (χ1n) is 12.9. The first kappa shape index (κ1) is 26.6. The Morgan fingerprint density at radius 2 is 1.72 bits per heavy atom. The number of anilines is 2. The summed E-state index contributed by atoms with van der Waals surface area (Å²) in [6.45, 7) is 8.58. The predicted molar refractivity (Wildman–Crippen MR) is 160 cm³/mol. The fourth-order valence-electron chi connectivity index (χ4n) is 5.55. The molecule has 4 aromatic rings. The Bertz CT molecular complexity index is 1490. The summed E-state index contributed by atoms with van der Waals surface area (Å²) in [7, 11) is 1.50. The van der Waals surface area contributed by atoms with Gasteiger partial charge < -0.3 is 24.8 Å². The second kappa shape index (κ2) is 11.0. The second-order valence-corrected chi connectivity index (χ2v) is 10.4. The van der Waals surface area contributed by atoms with E-state index in [9.17, 15) is 4.79 Å². The molecule has 5 rings (SSSR count). The van der Waals surface area contributed by atoms with Crippen molar-refractivity contribution in [3.63, 3.8) is 0 Å². The first-order chi connectivity index (χ1) is 18.8. The van der Waals surface area contributed by atoms with Gasteiger partial charge in [-0.2, -0.15) is 0 Å². The molecule has 2 N–H and O–H groups in total. The van der Waals surface area contributed by atoms with Gasteiger partial charge in [-0.15, -0.1) is 0 Å². The fourth-order valence-corrected chi connectivity index (χ4v) is 5.89. The Labute approximate surface area is 234 Å². The largest absolute Gasteiger partial charge is 0.375 e. The van der Waals surface area contributed by atoms with E-state index >= 15 is 0 Å². The average Bonchev–Trinajstić information content (AvgIpc) is 3.39. The van der Waals surface area contributed by atoms with E-state index < -0.39 is 0 Å². The van der Waals surface area contributed by atoms with Gasteiger partial charge in [-0.3, -0.25) is 9.78 Å². The fraction of sp³-hybridized carbons (Fsp3) is 0.258.